The van der Waals surface area contributed by atoms with Crippen molar-refractivity contribution >= 4 is 17.5 Å². The first-order valence-electron chi connectivity index (χ1n) is 9.41. The summed E-state index contributed by atoms with van der Waals surface area (Å²) in [6.07, 6.45) is -0.966. The number of hydrogen-bond donors (Lipinski definition) is 3. The molecule has 0 spiro atoms. The molecule has 1 aliphatic rings. The van der Waals surface area contributed by atoms with Crippen LogP contribution in [0.5, 0.6) is 0 Å². The van der Waals surface area contributed by atoms with Crippen LogP contribution in [0.25, 0.3) is 0 Å². The number of anilines is 3. The maximum atomic E-state index is 13.2. The van der Waals surface area contributed by atoms with Gasteiger partial charge in [0.1, 0.15) is 5.82 Å². The lowest BCUT2D eigenvalue weighted by atomic mass is 10.1. The molecule has 0 bridgehead atoms. The highest BCUT2D eigenvalue weighted by Crippen LogP contribution is 2.29. The molecule has 3 rings (SSSR count). The number of nitrogens with one attached hydrogen (secondary N) is 2. The molecule has 9 heteroatoms. The van der Waals surface area contributed by atoms with Crippen LogP contribution >= 0.6 is 0 Å². The Kier molecular flexibility index (Phi) is 6.56. The van der Waals surface area contributed by atoms with Gasteiger partial charge >= 0.3 is 6.18 Å². The molecular weight excluding hydrogens is 369 g/mol. The molecule has 2 aromatic rings. The van der Waals surface area contributed by atoms with E-state index in [0.717, 1.165) is 31.3 Å². The molecule has 2 heterocycles. The topological polar surface area (TPSA) is 79.1 Å². The van der Waals surface area contributed by atoms with Gasteiger partial charge in [-0.05, 0) is 43.6 Å². The first-order valence-corrected chi connectivity index (χ1v) is 9.41. The Morgan fingerprint density at radius 2 is 1.71 bits per heavy atom. The van der Waals surface area contributed by atoms with E-state index in [-0.39, 0.29) is 11.8 Å². The van der Waals surface area contributed by atoms with Crippen LogP contribution in [-0.4, -0.2) is 41.0 Å². The lowest BCUT2D eigenvalue weighted by molar-refractivity contribution is -0.141. The fraction of sp³-hybridized carbons (Fsp3) is 0.474. The molecule has 1 aromatic carbocycles. The average molecular weight is 394 g/mol. The van der Waals surface area contributed by atoms with Gasteiger partial charge in [0.2, 0.25) is 5.95 Å². The molecule has 0 aliphatic carbocycles. The number of likely N-dealkylation sites (tertiary alicyclic amines) is 1. The number of aromatic nitrogens is 2. The highest BCUT2D eigenvalue weighted by Gasteiger charge is 2.33. The van der Waals surface area contributed by atoms with E-state index in [2.05, 4.69) is 25.5 Å². The lowest BCUT2D eigenvalue weighted by Gasteiger charge is -2.26. The summed E-state index contributed by atoms with van der Waals surface area (Å²) in [6, 6.07) is 8.03. The van der Waals surface area contributed by atoms with Crippen molar-refractivity contribution in [3.63, 3.8) is 0 Å². The van der Waals surface area contributed by atoms with Gasteiger partial charge in [-0.25, -0.2) is 4.98 Å². The molecule has 1 aliphatic heterocycles. The van der Waals surface area contributed by atoms with E-state index in [4.69, 9.17) is 5.73 Å². The van der Waals surface area contributed by atoms with Gasteiger partial charge in [0.15, 0.2) is 5.69 Å². The van der Waals surface area contributed by atoms with Crippen LogP contribution < -0.4 is 16.4 Å². The van der Waals surface area contributed by atoms with Crippen LogP contribution in [0.2, 0.25) is 0 Å². The first kappa shape index (κ1) is 20.2. The predicted octanol–water partition coefficient (Wildman–Crippen LogP) is 3.59. The number of nitrogens with zero attached hydrogens (tertiary/aromatic N) is 3. The molecule has 0 atom stereocenters. The summed E-state index contributed by atoms with van der Waals surface area (Å²) in [5, 5.41) is 5.86. The van der Waals surface area contributed by atoms with Crippen molar-refractivity contribution in [2.24, 2.45) is 0 Å². The van der Waals surface area contributed by atoms with Crippen LogP contribution in [0.1, 0.15) is 30.5 Å². The summed E-state index contributed by atoms with van der Waals surface area (Å²) in [5.41, 5.74) is 6.19. The van der Waals surface area contributed by atoms with Gasteiger partial charge in [0, 0.05) is 31.4 Å². The number of alkyl halides is 3. The predicted molar refractivity (Wildman–Crippen MR) is 104 cm³/mol. The van der Waals surface area contributed by atoms with Crippen molar-refractivity contribution in [3.8, 4) is 0 Å². The van der Waals surface area contributed by atoms with Crippen LogP contribution in [-0.2, 0) is 12.7 Å². The van der Waals surface area contributed by atoms with Crippen molar-refractivity contribution in [1.82, 2.24) is 14.9 Å². The third-order valence-corrected chi connectivity index (χ3v) is 4.63. The molecule has 6 nitrogen and oxygen atoms in total. The second-order valence-corrected chi connectivity index (χ2v) is 6.88. The Labute approximate surface area is 162 Å². The third kappa shape index (κ3) is 5.98. The number of rotatable bonds is 7. The number of piperidine rings is 1. The zero-order valence-electron chi connectivity index (χ0n) is 15.6. The Morgan fingerprint density at radius 1 is 1.00 bits per heavy atom. The van der Waals surface area contributed by atoms with Crippen molar-refractivity contribution in [2.75, 3.05) is 42.5 Å². The van der Waals surface area contributed by atoms with Crippen molar-refractivity contribution in [2.45, 2.75) is 32.0 Å². The van der Waals surface area contributed by atoms with Gasteiger partial charge in [-0.3, -0.25) is 0 Å². The van der Waals surface area contributed by atoms with Crippen LogP contribution in [0.4, 0.5) is 30.6 Å². The normalized spacial score (nSPS) is 15.4. The molecule has 0 amide bonds. The molecule has 0 radical (unpaired) electrons. The molecule has 1 saturated heterocycles. The van der Waals surface area contributed by atoms with Gasteiger partial charge in [-0.2, -0.15) is 18.2 Å². The average Bonchev–Trinajstić information content (AvgIpc) is 2.68. The number of hydrogen-bond acceptors (Lipinski definition) is 6. The van der Waals surface area contributed by atoms with Gasteiger partial charge in [-0.15, -0.1) is 0 Å². The zero-order chi connectivity index (χ0) is 20.0. The first-order chi connectivity index (χ1) is 13.4. The summed E-state index contributed by atoms with van der Waals surface area (Å²) < 4.78 is 39.6. The van der Waals surface area contributed by atoms with E-state index < -0.39 is 11.9 Å². The summed E-state index contributed by atoms with van der Waals surface area (Å²) in [4.78, 5) is 10.1. The number of nitrogens with two attached hydrogens (primary N) is 1. The summed E-state index contributed by atoms with van der Waals surface area (Å²) in [7, 11) is 0. The number of benzene rings is 1. The maximum Gasteiger partial charge on any atom is 0.433 e. The minimum absolute atomic E-state index is 0.0216. The van der Waals surface area contributed by atoms with E-state index in [1.54, 1.807) is 12.1 Å². The molecule has 4 N–H and O–H groups in total. The minimum atomic E-state index is -4.54. The fourth-order valence-electron chi connectivity index (χ4n) is 3.10. The van der Waals surface area contributed by atoms with Crippen molar-refractivity contribution in [1.29, 1.82) is 0 Å². The second-order valence-electron chi connectivity index (χ2n) is 6.88. The van der Waals surface area contributed by atoms with Crippen LogP contribution in [0.3, 0.4) is 0 Å². The standard InChI is InChI=1S/C19H25F3N6/c20-19(21,22)16-12-17(25-13-14-4-6-15(23)7-5-14)27-18(26-16)24-8-11-28-9-2-1-3-10-28/h4-7,12H,1-3,8-11,13,23H2,(H2,24,25,26,27). The molecule has 0 saturated carbocycles. The molecule has 152 valence electrons. The maximum absolute atomic E-state index is 13.2. The number of halogens is 3. The highest BCUT2D eigenvalue weighted by molar-refractivity contribution is 5.45. The fourth-order valence-corrected chi connectivity index (χ4v) is 3.10. The highest BCUT2D eigenvalue weighted by atomic mass is 19.4. The van der Waals surface area contributed by atoms with E-state index in [9.17, 15) is 13.2 Å². The molecule has 28 heavy (non-hydrogen) atoms. The van der Waals surface area contributed by atoms with E-state index in [1.165, 1.54) is 19.3 Å². The summed E-state index contributed by atoms with van der Waals surface area (Å²) >= 11 is 0. The summed E-state index contributed by atoms with van der Waals surface area (Å²) in [5.74, 6) is 0.103. The monoisotopic (exact) mass is 394 g/mol. The largest absolute Gasteiger partial charge is 0.433 e. The van der Waals surface area contributed by atoms with E-state index in [1.807, 2.05) is 12.1 Å². The Hall–Kier alpha value is -2.55. The van der Waals surface area contributed by atoms with Gasteiger partial charge in [-0.1, -0.05) is 18.6 Å². The van der Waals surface area contributed by atoms with E-state index >= 15 is 0 Å². The SMILES string of the molecule is Nc1ccc(CNc2cc(C(F)(F)F)nc(NCCN3CCCCC3)n2)cc1. The molecule has 1 fully saturated rings. The number of nitrogen functional groups attached to an aromatic ring is 1. The Morgan fingerprint density at radius 3 is 2.39 bits per heavy atom. The molecular formula is C19H25F3N6. The van der Waals surface area contributed by atoms with Gasteiger partial charge in [0.25, 0.3) is 0 Å². The van der Waals surface area contributed by atoms with E-state index in [0.29, 0.717) is 18.8 Å². The van der Waals surface area contributed by atoms with Gasteiger partial charge in [0.05, 0.1) is 0 Å². The van der Waals surface area contributed by atoms with Crippen LogP contribution in [0, 0.1) is 0 Å². The third-order valence-electron chi connectivity index (χ3n) is 4.63. The minimum Gasteiger partial charge on any atom is -0.399 e. The summed E-state index contributed by atoms with van der Waals surface area (Å²) in [6.45, 7) is 3.65. The van der Waals surface area contributed by atoms with Crippen LogP contribution in [0.15, 0.2) is 30.3 Å². The lowest BCUT2D eigenvalue weighted by Crippen LogP contribution is -2.34. The van der Waals surface area contributed by atoms with Crippen molar-refractivity contribution < 1.29 is 13.2 Å². The Balaban J connectivity index is 1.64. The molecule has 0 unspecified atom stereocenters. The smallest absolute Gasteiger partial charge is 0.399 e. The van der Waals surface area contributed by atoms with Crippen molar-refractivity contribution in [3.05, 3.63) is 41.6 Å². The second kappa shape index (κ2) is 9.09. The zero-order valence-corrected chi connectivity index (χ0v) is 15.6. The molecule has 1 aromatic heterocycles. The quantitative estimate of drug-likeness (QED) is 0.623. The van der Waals surface area contributed by atoms with Gasteiger partial charge < -0.3 is 21.3 Å². The Bertz CT molecular complexity index is 757.